The molecule has 260 valence electrons. The Morgan fingerprint density at radius 3 is 0.918 bits per heavy atom. The number of guanidine groups is 4. The van der Waals surface area contributed by atoms with Crippen molar-refractivity contribution in [2.75, 3.05) is 10.6 Å². The first kappa shape index (κ1) is 38.3. The Balaban J connectivity index is 2.22. The molecule has 0 bridgehead atoms. The fourth-order valence-corrected chi connectivity index (χ4v) is 3.85. The number of hydrogen-bond donors (Lipinski definition) is 10. The first-order valence-electron chi connectivity index (χ1n) is 14.5. The molecule has 0 aliphatic heterocycles. The summed E-state index contributed by atoms with van der Waals surface area (Å²) in [5.41, 5.74) is 48.2. The van der Waals surface area contributed by atoms with Gasteiger partial charge in [-0.1, -0.05) is 0 Å². The van der Waals surface area contributed by atoms with E-state index in [1.165, 1.54) is 0 Å². The number of rotatable bonds is 14. The smallest absolute Gasteiger partial charge is 0.224 e. The summed E-state index contributed by atoms with van der Waals surface area (Å²) in [4.78, 5) is 25.8. The zero-order valence-corrected chi connectivity index (χ0v) is 27.6. The summed E-state index contributed by atoms with van der Waals surface area (Å²) in [5.74, 6) is -1.54. The standard InChI is InChI=1S/C29H42N18O2/c1-14(40-44-26(30)31)18-8-19(15(2)41-45-27(32)33)11-22(10-18)38-24(48)6-5-7-25(49)39-23-12-20(16(3)42-46-28(34)35)9-21(13-23)17(4)43-47-29(36)37/h8-13H,5-7H2,1-4H3,(H,38,48)(H,39,49)(H4,30,31,44)(H4,32,33,45)(H4,34,35,46)(H4,36,37,47)/b40-14+,41-15+,42-16+,43-17+. The Morgan fingerprint density at radius 2 is 0.694 bits per heavy atom. The minimum absolute atomic E-state index is 0.0367. The first-order chi connectivity index (χ1) is 23.0. The van der Waals surface area contributed by atoms with Gasteiger partial charge in [-0.3, -0.25) is 9.59 Å². The van der Waals surface area contributed by atoms with Gasteiger partial charge in [-0.05, 0) is 70.5 Å². The minimum atomic E-state index is -0.337. The van der Waals surface area contributed by atoms with E-state index in [4.69, 9.17) is 45.9 Å². The van der Waals surface area contributed by atoms with Gasteiger partial charge in [0.2, 0.25) is 35.7 Å². The van der Waals surface area contributed by atoms with Crippen LogP contribution in [0.25, 0.3) is 0 Å². The zero-order chi connectivity index (χ0) is 36.7. The summed E-state index contributed by atoms with van der Waals surface area (Å²) in [5, 5.41) is 36.4. The first-order valence-corrected chi connectivity index (χ1v) is 14.5. The maximum Gasteiger partial charge on any atom is 0.224 e. The Bertz CT molecular complexity index is 1550. The van der Waals surface area contributed by atoms with Crippen molar-refractivity contribution < 1.29 is 9.59 Å². The number of nitrogens with zero attached hydrogens (tertiary/aromatic N) is 8. The monoisotopic (exact) mass is 674 g/mol. The van der Waals surface area contributed by atoms with Crippen molar-refractivity contribution in [3.8, 4) is 0 Å². The highest BCUT2D eigenvalue weighted by atomic mass is 16.2. The molecule has 0 unspecified atom stereocenters. The van der Waals surface area contributed by atoms with Crippen LogP contribution in [0.1, 0.15) is 69.2 Å². The molecule has 0 saturated heterocycles. The third-order valence-electron chi connectivity index (χ3n) is 6.17. The minimum Gasteiger partial charge on any atom is -0.369 e. The number of carbonyl (C=O) groups excluding carboxylic acids is 2. The van der Waals surface area contributed by atoms with E-state index in [0.29, 0.717) is 56.5 Å². The number of amides is 2. The fourth-order valence-electron chi connectivity index (χ4n) is 3.85. The summed E-state index contributed by atoms with van der Waals surface area (Å²) in [7, 11) is 0. The lowest BCUT2D eigenvalue weighted by molar-refractivity contribution is -0.117. The van der Waals surface area contributed by atoms with E-state index >= 15 is 0 Å². The van der Waals surface area contributed by atoms with Crippen molar-refractivity contribution in [1.29, 1.82) is 0 Å². The van der Waals surface area contributed by atoms with Crippen molar-refractivity contribution >= 4 is 69.9 Å². The van der Waals surface area contributed by atoms with E-state index in [9.17, 15) is 9.59 Å². The van der Waals surface area contributed by atoms with Crippen molar-refractivity contribution in [3.63, 3.8) is 0 Å². The van der Waals surface area contributed by atoms with Crippen molar-refractivity contribution in [1.82, 2.24) is 0 Å². The number of carbonyl (C=O) groups is 2. The van der Waals surface area contributed by atoms with Crippen LogP contribution in [0.4, 0.5) is 11.4 Å². The molecule has 0 aromatic heterocycles. The second-order valence-corrected chi connectivity index (χ2v) is 10.4. The normalized spacial score (nSPS) is 12.0. The molecular weight excluding hydrogens is 632 g/mol. The quantitative estimate of drug-likeness (QED) is 0.0690. The Kier molecular flexibility index (Phi) is 14.3. The second kappa shape index (κ2) is 18.3. The van der Waals surface area contributed by atoms with Crippen LogP contribution >= 0.6 is 0 Å². The number of benzene rings is 2. The summed E-state index contributed by atoms with van der Waals surface area (Å²) >= 11 is 0. The van der Waals surface area contributed by atoms with E-state index in [2.05, 4.69) is 51.4 Å². The highest BCUT2D eigenvalue weighted by Crippen LogP contribution is 2.20. The average Bonchev–Trinajstić information content (AvgIpc) is 3.03. The van der Waals surface area contributed by atoms with Crippen molar-refractivity contribution in [2.45, 2.75) is 47.0 Å². The molecule has 2 aromatic carbocycles. The highest BCUT2D eigenvalue weighted by molar-refractivity contribution is 6.07. The molecule has 20 nitrogen and oxygen atoms in total. The number of anilines is 2. The second-order valence-electron chi connectivity index (χ2n) is 10.4. The zero-order valence-electron chi connectivity index (χ0n) is 27.6. The lowest BCUT2D eigenvalue weighted by Gasteiger charge is -2.12. The van der Waals surface area contributed by atoms with Crippen LogP contribution in [0.2, 0.25) is 0 Å². The number of hydrogen-bond acceptors (Lipinski definition) is 10. The predicted octanol–water partition coefficient (Wildman–Crippen LogP) is -0.576. The number of nitrogens with one attached hydrogen (secondary N) is 2. The Hall–Kier alpha value is -6.86. The maximum atomic E-state index is 12.9. The van der Waals surface area contributed by atoms with Crippen LogP contribution in [0.5, 0.6) is 0 Å². The van der Waals surface area contributed by atoms with Gasteiger partial charge in [0.25, 0.3) is 0 Å². The van der Waals surface area contributed by atoms with Gasteiger partial charge in [0.15, 0.2) is 0 Å². The molecule has 0 aliphatic rings. The van der Waals surface area contributed by atoms with E-state index in [-0.39, 0.29) is 54.9 Å². The predicted molar refractivity (Wildman–Crippen MR) is 196 cm³/mol. The summed E-state index contributed by atoms with van der Waals surface area (Å²) < 4.78 is 0. The van der Waals surface area contributed by atoms with E-state index in [1.807, 2.05) is 0 Å². The Morgan fingerprint density at radius 1 is 0.449 bits per heavy atom. The SMILES string of the molecule is C/C(=N\N=C(N)N)c1cc(NC(=O)CCCC(=O)Nc2cc(/C(C)=N/N=C(N)N)cc(/C(C)=N/N=C(N)N)c2)cc(/C(C)=N/N=C(N)N)c1. The van der Waals surface area contributed by atoms with E-state index in [1.54, 1.807) is 64.1 Å². The fraction of sp³-hybridized carbons (Fsp3) is 0.241. The van der Waals surface area contributed by atoms with Gasteiger partial charge in [0, 0.05) is 46.5 Å². The van der Waals surface area contributed by atoms with Gasteiger partial charge in [-0.25, -0.2) is 0 Å². The summed E-state index contributed by atoms with van der Waals surface area (Å²) in [6.45, 7) is 6.75. The molecule has 2 aromatic rings. The Labute approximate surface area is 282 Å². The van der Waals surface area contributed by atoms with E-state index in [0.717, 1.165) is 0 Å². The third kappa shape index (κ3) is 14.0. The molecule has 18 N–H and O–H groups in total. The number of nitrogens with two attached hydrogens (primary N) is 8. The summed E-state index contributed by atoms with van der Waals surface area (Å²) in [6.07, 6.45) is 0.312. The van der Waals surface area contributed by atoms with Gasteiger partial charge in [-0.2, -0.15) is 20.4 Å². The van der Waals surface area contributed by atoms with E-state index < -0.39 is 0 Å². The molecule has 0 aliphatic carbocycles. The van der Waals surface area contributed by atoms with Gasteiger partial charge in [0.1, 0.15) is 0 Å². The van der Waals surface area contributed by atoms with Gasteiger partial charge in [0.05, 0.1) is 22.8 Å². The van der Waals surface area contributed by atoms with Crippen LogP contribution in [-0.2, 0) is 9.59 Å². The largest absolute Gasteiger partial charge is 0.369 e. The van der Waals surface area contributed by atoms with Crippen molar-refractivity contribution in [3.05, 3.63) is 58.7 Å². The molecule has 2 amide bonds. The molecule has 0 saturated carbocycles. The topological polar surface area (TPSA) is 365 Å². The van der Waals surface area contributed by atoms with Crippen LogP contribution in [0.3, 0.4) is 0 Å². The molecule has 2 rings (SSSR count). The molecule has 0 atom stereocenters. The molecular formula is C29H42N18O2. The molecule has 0 radical (unpaired) electrons. The molecule has 20 heteroatoms. The average molecular weight is 675 g/mol. The highest BCUT2D eigenvalue weighted by Gasteiger charge is 2.13. The molecule has 0 heterocycles. The summed E-state index contributed by atoms with van der Waals surface area (Å²) in [6, 6.07) is 10.3. The van der Waals surface area contributed by atoms with Gasteiger partial charge < -0.3 is 56.5 Å². The lowest BCUT2D eigenvalue weighted by Crippen LogP contribution is -2.22. The van der Waals surface area contributed by atoms with Crippen LogP contribution in [-0.4, -0.2) is 58.5 Å². The van der Waals surface area contributed by atoms with Crippen LogP contribution in [0.15, 0.2) is 77.2 Å². The maximum absolute atomic E-state index is 12.9. The van der Waals surface area contributed by atoms with Crippen molar-refractivity contribution in [2.24, 2.45) is 86.7 Å². The molecule has 49 heavy (non-hydrogen) atoms. The van der Waals surface area contributed by atoms with Gasteiger partial charge in [-0.15, -0.1) is 20.4 Å². The third-order valence-corrected chi connectivity index (χ3v) is 6.17. The molecule has 0 spiro atoms. The van der Waals surface area contributed by atoms with Crippen LogP contribution < -0.4 is 56.5 Å². The van der Waals surface area contributed by atoms with Crippen LogP contribution in [0, 0.1) is 0 Å². The molecule has 0 fully saturated rings. The van der Waals surface area contributed by atoms with Gasteiger partial charge >= 0.3 is 0 Å². The lowest BCUT2D eigenvalue weighted by atomic mass is 10.0.